The first-order valence-electron chi connectivity index (χ1n) is 8.57. The molecule has 0 bridgehead atoms. The molecule has 6 nitrogen and oxygen atoms in total. The monoisotopic (exact) mass is 373 g/mol. The van der Waals surface area contributed by atoms with Gasteiger partial charge in [0.05, 0.1) is 18.7 Å². The van der Waals surface area contributed by atoms with Crippen LogP contribution in [0, 0.1) is 11.3 Å². The number of nitrogens with two attached hydrogens (primary N) is 1. The van der Waals surface area contributed by atoms with Gasteiger partial charge in [-0.25, -0.2) is 0 Å². The summed E-state index contributed by atoms with van der Waals surface area (Å²) < 4.78 is 11.1. The van der Waals surface area contributed by atoms with Crippen molar-refractivity contribution in [2.24, 2.45) is 5.73 Å². The summed E-state index contributed by atoms with van der Waals surface area (Å²) in [6, 6.07) is 22.8. The van der Waals surface area contributed by atoms with Gasteiger partial charge in [-0.2, -0.15) is 5.26 Å². The Kier molecular flexibility index (Phi) is 5.78. The van der Waals surface area contributed by atoms with Gasteiger partial charge in [0, 0.05) is 11.8 Å². The van der Waals surface area contributed by atoms with Crippen molar-refractivity contribution >= 4 is 11.6 Å². The number of benzene rings is 3. The quantitative estimate of drug-likeness (QED) is 0.652. The highest BCUT2D eigenvalue weighted by Gasteiger charge is 2.17. The summed E-state index contributed by atoms with van der Waals surface area (Å²) in [5.41, 5.74) is 7.55. The fraction of sp³-hybridized carbons (Fsp3) is 0.0909. The molecule has 0 radical (unpaired) electrons. The van der Waals surface area contributed by atoms with Crippen LogP contribution >= 0.6 is 0 Å². The third-order valence-electron chi connectivity index (χ3n) is 4.10. The lowest BCUT2D eigenvalue weighted by Crippen LogP contribution is -2.27. The molecule has 3 aromatic rings. The van der Waals surface area contributed by atoms with E-state index < -0.39 is 11.9 Å². The summed E-state index contributed by atoms with van der Waals surface area (Å²) in [7, 11) is 1.52. The van der Waals surface area contributed by atoms with Gasteiger partial charge in [-0.3, -0.25) is 4.79 Å². The summed E-state index contributed by atoms with van der Waals surface area (Å²) >= 11 is 0. The van der Waals surface area contributed by atoms with E-state index >= 15 is 0 Å². The minimum atomic E-state index is -0.633. The first-order valence-corrected chi connectivity index (χ1v) is 8.57. The van der Waals surface area contributed by atoms with Gasteiger partial charge < -0.3 is 20.5 Å². The summed E-state index contributed by atoms with van der Waals surface area (Å²) in [5.74, 6) is 1.10. The van der Waals surface area contributed by atoms with Crippen LogP contribution in [0.1, 0.15) is 17.2 Å². The second-order valence-corrected chi connectivity index (χ2v) is 5.99. The average Bonchev–Trinajstić information content (AvgIpc) is 2.73. The predicted molar refractivity (Wildman–Crippen MR) is 106 cm³/mol. The van der Waals surface area contributed by atoms with E-state index in [9.17, 15) is 4.79 Å². The second-order valence-electron chi connectivity index (χ2n) is 5.99. The molecule has 28 heavy (non-hydrogen) atoms. The number of carbonyl (C=O) groups excluding carboxylic acids is 1. The lowest BCUT2D eigenvalue weighted by molar-refractivity contribution is -0.118. The zero-order chi connectivity index (χ0) is 19.9. The van der Waals surface area contributed by atoms with Crippen LogP contribution in [0.3, 0.4) is 0 Å². The van der Waals surface area contributed by atoms with E-state index in [4.69, 9.17) is 20.5 Å². The molecule has 0 heterocycles. The predicted octanol–water partition coefficient (Wildman–Crippen LogP) is 4.00. The third kappa shape index (κ3) is 4.40. The molecule has 1 unspecified atom stereocenters. The largest absolute Gasteiger partial charge is 0.493 e. The number of nitrogens with zero attached hydrogens (tertiary/aromatic N) is 1. The smallest absolute Gasteiger partial charge is 0.244 e. The summed E-state index contributed by atoms with van der Waals surface area (Å²) in [6.07, 6.45) is 0. The lowest BCUT2D eigenvalue weighted by Gasteiger charge is -2.17. The number of carbonyl (C=O) groups is 1. The molecule has 0 spiro atoms. The number of primary amides is 1. The molecule has 0 aliphatic heterocycles. The van der Waals surface area contributed by atoms with Gasteiger partial charge in [-0.15, -0.1) is 0 Å². The van der Waals surface area contributed by atoms with Crippen molar-refractivity contribution in [1.29, 1.82) is 5.26 Å². The third-order valence-corrected chi connectivity index (χ3v) is 4.10. The molecule has 1 atom stereocenters. The molecule has 6 heteroatoms. The molecular formula is C22H19N3O3. The Morgan fingerprint density at radius 1 is 1.04 bits per heavy atom. The number of ether oxygens (including phenoxy) is 2. The number of hydrogen-bond acceptors (Lipinski definition) is 5. The number of nitriles is 1. The van der Waals surface area contributed by atoms with Gasteiger partial charge in [0.25, 0.3) is 0 Å². The van der Waals surface area contributed by atoms with Crippen molar-refractivity contribution in [3.05, 3.63) is 83.9 Å². The molecule has 0 saturated heterocycles. The molecule has 0 aliphatic carbocycles. The van der Waals surface area contributed by atoms with E-state index in [2.05, 4.69) is 11.4 Å². The number of rotatable bonds is 7. The van der Waals surface area contributed by atoms with Crippen LogP contribution in [0.25, 0.3) is 0 Å². The first kappa shape index (κ1) is 18.8. The number of anilines is 1. The Bertz CT molecular complexity index is 996. The standard InChI is InChI=1S/C22H19N3O3/c1-27-20-13-15(14-23)7-12-19(20)28-18-10-8-17(9-11-18)25-21(22(24)26)16-5-3-2-4-6-16/h2-13,21,25H,1H3,(H2,24,26). The van der Waals surface area contributed by atoms with Crippen molar-refractivity contribution in [2.45, 2.75) is 6.04 Å². The first-order chi connectivity index (χ1) is 13.6. The Balaban J connectivity index is 1.75. The van der Waals surface area contributed by atoms with E-state index in [0.29, 0.717) is 22.8 Å². The molecule has 3 rings (SSSR count). The Morgan fingerprint density at radius 2 is 1.75 bits per heavy atom. The van der Waals surface area contributed by atoms with Crippen molar-refractivity contribution in [3.8, 4) is 23.3 Å². The van der Waals surface area contributed by atoms with Gasteiger partial charge in [-0.05, 0) is 42.0 Å². The SMILES string of the molecule is COc1cc(C#N)ccc1Oc1ccc(NC(C(N)=O)c2ccccc2)cc1. The molecule has 0 saturated carbocycles. The van der Waals surface area contributed by atoms with Crippen LogP contribution < -0.4 is 20.5 Å². The highest BCUT2D eigenvalue weighted by molar-refractivity contribution is 5.84. The number of amides is 1. The molecule has 0 aliphatic rings. The number of hydrogen-bond donors (Lipinski definition) is 2. The zero-order valence-electron chi connectivity index (χ0n) is 15.3. The molecule has 140 valence electrons. The topological polar surface area (TPSA) is 97.4 Å². The van der Waals surface area contributed by atoms with Crippen molar-refractivity contribution < 1.29 is 14.3 Å². The fourth-order valence-corrected chi connectivity index (χ4v) is 2.70. The molecule has 3 N–H and O–H groups in total. The maximum atomic E-state index is 11.8. The highest BCUT2D eigenvalue weighted by atomic mass is 16.5. The summed E-state index contributed by atoms with van der Waals surface area (Å²) in [4.78, 5) is 11.8. The summed E-state index contributed by atoms with van der Waals surface area (Å²) in [5, 5.41) is 12.1. The minimum Gasteiger partial charge on any atom is -0.493 e. The minimum absolute atomic E-state index is 0.464. The molecule has 3 aromatic carbocycles. The van der Waals surface area contributed by atoms with Crippen LogP contribution in [0.4, 0.5) is 5.69 Å². The molecule has 0 fully saturated rings. The van der Waals surface area contributed by atoms with E-state index in [-0.39, 0.29) is 0 Å². The zero-order valence-corrected chi connectivity index (χ0v) is 15.3. The number of nitrogens with one attached hydrogen (secondary N) is 1. The van der Waals surface area contributed by atoms with Gasteiger partial charge in [0.2, 0.25) is 5.91 Å². The van der Waals surface area contributed by atoms with Crippen LogP contribution in [-0.2, 0) is 4.79 Å². The van der Waals surface area contributed by atoms with E-state index in [0.717, 1.165) is 11.3 Å². The summed E-state index contributed by atoms with van der Waals surface area (Å²) in [6.45, 7) is 0. The Labute approximate surface area is 163 Å². The van der Waals surface area contributed by atoms with Crippen molar-refractivity contribution in [3.63, 3.8) is 0 Å². The van der Waals surface area contributed by atoms with E-state index in [1.54, 1.807) is 42.5 Å². The van der Waals surface area contributed by atoms with Crippen LogP contribution in [0.5, 0.6) is 17.2 Å². The van der Waals surface area contributed by atoms with Crippen molar-refractivity contribution in [2.75, 3.05) is 12.4 Å². The van der Waals surface area contributed by atoms with Crippen LogP contribution in [0.15, 0.2) is 72.8 Å². The second kappa shape index (κ2) is 8.60. The van der Waals surface area contributed by atoms with Gasteiger partial charge >= 0.3 is 0 Å². The molecular weight excluding hydrogens is 354 g/mol. The average molecular weight is 373 g/mol. The van der Waals surface area contributed by atoms with Crippen molar-refractivity contribution in [1.82, 2.24) is 0 Å². The molecule has 1 amide bonds. The van der Waals surface area contributed by atoms with E-state index in [1.165, 1.54) is 7.11 Å². The number of methoxy groups -OCH3 is 1. The normalized spacial score (nSPS) is 11.1. The fourth-order valence-electron chi connectivity index (χ4n) is 2.70. The van der Waals surface area contributed by atoms with Gasteiger partial charge in [0.15, 0.2) is 11.5 Å². The maximum absolute atomic E-state index is 11.8. The highest BCUT2D eigenvalue weighted by Crippen LogP contribution is 2.33. The van der Waals surface area contributed by atoms with Crippen LogP contribution in [-0.4, -0.2) is 13.0 Å². The van der Waals surface area contributed by atoms with Gasteiger partial charge in [-0.1, -0.05) is 30.3 Å². The van der Waals surface area contributed by atoms with Gasteiger partial charge in [0.1, 0.15) is 11.8 Å². The molecule has 0 aromatic heterocycles. The van der Waals surface area contributed by atoms with Crippen LogP contribution in [0.2, 0.25) is 0 Å². The lowest BCUT2D eigenvalue weighted by atomic mass is 10.1. The Hall–Kier alpha value is -3.98. The maximum Gasteiger partial charge on any atom is 0.244 e. The Morgan fingerprint density at radius 3 is 2.36 bits per heavy atom. The van der Waals surface area contributed by atoms with E-state index in [1.807, 2.05) is 30.3 Å².